The Morgan fingerprint density at radius 1 is 1.39 bits per heavy atom. The fourth-order valence-corrected chi connectivity index (χ4v) is 4.28. The number of rotatable bonds is 8. The van der Waals surface area contributed by atoms with E-state index in [2.05, 4.69) is 5.32 Å². The first kappa shape index (κ1) is 23.3. The molecule has 2 unspecified atom stereocenters. The van der Waals surface area contributed by atoms with Crippen molar-refractivity contribution in [2.45, 2.75) is 57.9 Å². The maximum Gasteiger partial charge on any atom is 0.259 e. The van der Waals surface area contributed by atoms with Gasteiger partial charge in [-0.25, -0.2) is 8.78 Å². The molecular formula is C23H31F2N3O3. The van der Waals surface area contributed by atoms with Crippen LogP contribution in [0.15, 0.2) is 29.2 Å². The number of halogens is 2. The number of methoxy groups -OCH3 is 1. The molecule has 2 atom stereocenters. The van der Waals surface area contributed by atoms with Crippen molar-refractivity contribution in [1.29, 1.82) is 0 Å². The number of carbonyl (C=O) groups is 1. The molecule has 1 fully saturated rings. The highest BCUT2D eigenvalue weighted by molar-refractivity contribution is 5.97. The molecule has 1 saturated heterocycles. The van der Waals surface area contributed by atoms with Crippen molar-refractivity contribution < 1.29 is 18.3 Å². The highest BCUT2D eigenvalue weighted by Crippen LogP contribution is 2.20. The van der Waals surface area contributed by atoms with E-state index >= 15 is 0 Å². The summed E-state index contributed by atoms with van der Waals surface area (Å²) in [7, 11) is 1.42. The smallest absolute Gasteiger partial charge is 0.259 e. The molecule has 170 valence electrons. The summed E-state index contributed by atoms with van der Waals surface area (Å²) < 4.78 is 34.4. The molecule has 6 nitrogen and oxygen atoms in total. The zero-order valence-electron chi connectivity index (χ0n) is 18.4. The van der Waals surface area contributed by atoms with Gasteiger partial charge in [-0.05, 0) is 57.9 Å². The summed E-state index contributed by atoms with van der Waals surface area (Å²) in [5.41, 5.74) is -0.0542. The molecular weight excluding hydrogens is 404 g/mol. The Hall–Kier alpha value is -2.32. The molecule has 0 spiro atoms. The molecule has 1 amide bonds. The second-order valence-corrected chi connectivity index (χ2v) is 8.37. The van der Waals surface area contributed by atoms with Crippen LogP contribution in [0.1, 0.15) is 43.5 Å². The lowest BCUT2D eigenvalue weighted by atomic mass is 10.0. The Morgan fingerprint density at radius 3 is 2.81 bits per heavy atom. The van der Waals surface area contributed by atoms with Crippen LogP contribution in [0.3, 0.4) is 0 Å². The van der Waals surface area contributed by atoms with Gasteiger partial charge in [0.05, 0.1) is 12.1 Å². The number of aromatic nitrogens is 1. The van der Waals surface area contributed by atoms with Crippen LogP contribution in [0.5, 0.6) is 0 Å². The van der Waals surface area contributed by atoms with Crippen molar-refractivity contribution in [2.24, 2.45) is 0 Å². The molecule has 31 heavy (non-hydrogen) atoms. The maximum atomic E-state index is 14.0. The summed E-state index contributed by atoms with van der Waals surface area (Å²) in [6, 6.07) is 3.75. The lowest BCUT2D eigenvalue weighted by Crippen LogP contribution is -2.52. The predicted molar refractivity (Wildman–Crippen MR) is 117 cm³/mol. The minimum atomic E-state index is -1.20. The van der Waals surface area contributed by atoms with E-state index in [9.17, 15) is 18.4 Å². The van der Waals surface area contributed by atoms with Crippen LogP contribution in [0.25, 0.3) is 10.9 Å². The van der Waals surface area contributed by atoms with Crippen molar-refractivity contribution in [3.63, 3.8) is 0 Å². The van der Waals surface area contributed by atoms with Crippen molar-refractivity contribution in [2.75, 3.05) is 26.8 Å². The minimum absolute atomic E-state index is 0.00469. The number of nitrogens with zero attached hydrogens (tertiary/aromatic N) is 2. The molecule has 1 N–H and O–H groups in total. The van der Waals surface area contributed by atoms with E-state index in [0.29, 0.717) is 12.1 Å². The number of nitrogens with one attached hydrogen (secondary N) is 1. The Bertz CT molecular complexity index is 970. The molecule has 8 heteroatoms. The van der Waals surface area contributed by atoms with Crippen molar-refractivity contribution in [3.8, 4) is 0 Å². The summed E-state index contributed by atoms with van der Waals surface area (Å²) in [6.45, 7) is 5.60. The van der Waals surface area contributed by atoms with Gasteiger partial charge in [-0.15, -0.1) is 0 Å². The zero-order chi connectivity index (χ0) is 22.5. The molecule has 0 bridgehead atoms. The van der Waals surface area contributed by atoms with E-state index in [4.69, 9.17) is 4.74 Å². The van der Waals surface area contributed by atoms with Gasteiger partial charge in [0.15, 0.2) is 0 Å². The number of piperidine rings is 1. The Balaban J connectivity index is 2.04. The lowest BCUT2D eigenvalue weighted by Gasteiger charge is -2.37. The number of pyridine rings is 1. The number of benzene rings is 1. The Kier molecular flexibility index (Phi) is 7.78. The molecule has 2 aromatic rings. The molecule has 0 saturated carbocycles. The standard InChI is InChI=1S/C23H31F2N3O3/c1-15(2)28(18-5-4-9-26-12-18)23(30)20-13-27(10-8-17(25)14-31-3)21-11-16(24)6-7-19(21)22(20)29/h6-7,11,13,15,17-18,26H,4-5,8-10,12,14H2,1-3H3. The van der Waals surface area contributed by atoms with Crippen molar-refractivity contribution in [1.82, 2.24) is 14.8 Å². The molecule has 1 aromatic heterocycles. The fraction of sp³-hybridized carbons (Fsp3) is 0.565. The number of hydrogen-bond acceptors (Lipinski definition) is 4. The van der Waals surface area contributed by atoms with Crippen LogP contribution in [0.2, 0.25) is 0 Å². The second-order valence-electron chi connectivity index (χ2n) is 8.37. The number of alkyl halides is 1. The van der Waals surface area contributed by atoms with Crippen LogP contribution in [-0.2, 0) is 11.3 Å². The third-order valence-electron chi connectivity index (χ3n) is 5.76. The van der Waals surface area contributed by atoms with E-state index in [1.807, 2.05) is 13.8 Å². The number of aryl methyl sites for hydroxylation is 1. The quantitative estimate of drug-likeness (QED) is 0.692. The molecule has 1 aliphatic heterocycles. The SMILES string of the molecule is COCC(F)CCn1cc(C(=O)N(C(C)C)C2CCCNC2)c(=O)c2ccc(F)cc21. The first-order chi connectivity index (χ1) is 14.8. The summed E-state index contributed by atoms with van der Waals surface area (Å²) in [4.78, 5) is 28.5. The number of hydrogen-bond donors (Lipinski definition) is 1. The first-order valence-corrected chi connectivity index (χ1v) is 10.8. The van der Waals surface area contributed by atoms with Crippen LogP contribution in [-0.4, -0.2) is 60.4 Å². The average Bonchev–Trinajstić information content (AvgIpc) is 2.74. The van der Waals surface area contributed by atoms with Gasteiger partial charge in [-0.2, -0.15) is 0 Å². The van der Waals surface area contributed by atoms with Gasteiger partial charge in [0.1, 0.15) is 17.6 Å². The van der Waals surface area contributed by atoms with Crippen molar-refractivity contribution >= 4 is 16.8 Å². The van der Waals surface area contributed by atoms with E-state index < -0.39 is 17.4 Å². The molecule has 1 aromatic carbocycles. The second kappa shape index (κ2) is 10.3. The van der Waals surface area contributed by atoms with Gasteiger partial charge < -0.3 is 19.5 Å². The highest BCUT2D eigenvalue weighted by Gasteiger charge is 2.30. The topological polar surface area (TPSA) is 63.6 Å². The van der Waals surface area contributed by atoms with Gasteiger partial charge in [0, 0.05) is 43.9 Å². The summed E-state index contributed by atoms with van der Waals surface area (Å²) in [5.74, 6) is -0.840. The average molecular weight is 436 g/mol. The first-order valence-electron chi connectivity index (χ1n) is 10.8. The molecule has 0 aliphatic carbocycles. The number of ether oxygens (including phenoxy) is 1. The predicted octanol–water partition coefficient (Wildman–Crippen LogP) is 3.12. The largest absolute Gasteiger partial charge is 0.382 e. The third kappa shape index (κ3) is 5.30. The number of fused-ring (bicyclic) bond motifs is 1. The monoisotopic (exact) mass is 435 g/mol. The van der Waals surface area contributed by atoms with E-state index in [1.165, 1.54) is 31.5 Å². The summed E-state index contributed by atoms with van der Waals surface area (Å²) >= 11 is 0. The van der Waals surface area contributed by atoms with Gasteiger partial charge in [0.2, 0.25) is 5.43 Å². The molecule has 1 aliphatic rings. The molecule has 3 rings (SSSR count). The Morgan fingerprint density at radius 2 is 2.16 bits per heavy atom. The van der Waals surface area contributed by atoms with Gasteiger partial charge >= 0.3 is 0 Å². The van der Waals surface area contributed by atoms with Crippen LogP contribution in [0, 0.1) is 5.82 Å². The van der Waals surface area contributed by atoms with E-state index in [1.54, 1.807) is 9.47 Å². The number of carbonyl (C=O) groups excluding carboxylic acids is 1. The zero-order valence-corrected chi connectivity index (χ0v) is 18.4. The van der Waals surface area contributed by atoms with E-state index in [0.717, 1.165) is 19.4 Å². The normalized spacial score (nSPS) is 17.8. The fourth-order valence-electron chi connectivity index (χ4n) is 4.28. The molecule has 2 heterocycles. The van der Waals surface area contributed by atoms with Gasteiger partial charge in [0.25, 0.3) is 5.91 Å². The Labute approximate surface area is 181 Å². The van der Waals surface area contributed by atoms with Crippen LogP contribution < -0.4 is 10.7 Å². The lowest BCUT2D eigenvalue weighted by molar-refractivity contribution is 0.0571. The third-order valence-corrected chi connectivity index (χ3v) is 5.76. The summed E-state index contributed by atoms with van der Waals surface area (Å²) in [5, 5.41) is 3.56. The van der Waals surface area contributed by atoms with Gasteiger partial charge in [-0.1, -0.05) is 0 Å². The van der Waals surface area contributed by atoms with Crippen LogP contribution in [0.4, 0.5) is 8.78 Å². The van der Waals surface area contributed by atoms with Gasteiger partial charge in [-0.3, -0.25) is 9.59 Å². The summed E-state index contributed by atoms with van der Waals surface area (Å²) in [6.07, 6.45) is 2.20. The van der Waals surface area contributed by atoms with Crippen LogP contribution >= 0.6 is 0 Å². The minimum Gasteiger partial charge on any atom is -0.382 e. The molecule has 0 radical (unpaired) electrons. The van der Waals surface area contributed by atoms with Crippen molar-refractivity contribution in [3.05, 3.63) is 46.0 Å². The number of amides is 1. The van der Waals surface area contributed by atoms with E-state index in [-0.39, 0.29) is 48.5 Å². The highest BCUT2D eigenvalue weighted by atomic mass is 19.1. The maximum absolute atomic E-state index is 14.0.